The summed E-state index contributed by atoms with van der Waals surface area (Å²) in [5, 5.41) is 15.4. The highest BCUT2D eigenvalue weighted by atomic mass is 35.5. The SMILES string of the molecule is CCOC(=O)N1CCN(c2ncnc(Nc3cc(Cl)cc(Cl)c3)c2[N+](=O)[O-])CC1. The van der Waals surface area contributed by atoms with Gasteiger partial charge in [-0.25, -0.2) is 14.8 Å². The molecule has 1 amide bonds. The van der Waals surface area contributed by atoms with Gasteiger partial charge in [0.05, 0.1) is 11.5 Å². The van der Waals surface area contributed by atoms with Gasteiger partial charge in [-0.15, -0.1) is 0 Å². The predicted molar refractivity (Wildman–Crippen MR) is 109 cm³/mol. The van der Waals surface area contributed by atoms with Crippen molar-refractivity contribution in [3.05, 3.63) is 44.7 Å². The number of carbonyl (C=O) groups excluding carboxylic acids is 1. The minimum absolute atomic E-state index is 0.0196. The lowest BCUT2D eigenvalue weighted by Gasteiger charge is -2.34. The van der Waals surface area contributed by atoms with E-state index in [4.69, 9.17) is 27.9 Å². The first-order valence-electron chi connectivity index (χ1n) is 8.78. The average Bonchev–Trinajstić information content (AvgIpc) is 2.67. The number of piperazine rings is 1. The molecule has 1 fully saturated rings. The number of nitrogens with one attached hydrogen (secondary N) is 1. The highest BCUT2D eigenvalue weighted by Gasteiger charge is 2.30. The van der Waals surface area contributed by atoms with Crippen LogP contribution in [0.4, 0.5) is 27.8 Å². The molecular formula is C17H18Cl2N6O4. The predicted octanol–water partition coefficient (Wildman–Crippen LogP) is 3.71. The van der Waals surface area contributed by atoms with Crippen molar-refractivity contribution in [1.82, 2.24) is 14.9 Å². The molecule has 0 radical (unpaired) electrons. The molecule has 1 aliphatic rings. The summed E-state index contributed by atoms with van der Waals surface area (Å²) in [7, 11) is 0. The number of nitrogens with zero attached hydrogens (tertiary/aromatic N) is 5. The van der Waals surface area contributed by atoms with Crippen LogP contribution in [0.3, 0.4) is 0 Å². The second-order valence-electron chi connectivity index (χ2n) is 6.11. The second kappa shape index (κ2) is 9.10. The Balaban J connectivity index is 1.84. The highest BCUT2D eigenvalue weighted by molar-refractivity contribution is 6.35. The van der Waals surface area contributed by atoms with Gasteiger partial charge in [0.2, 0.25) is 11.6 Å². The van der Waals surface area contributed by atoms with Crippen LogP contribution in [0.15, 0.2) is 24.5 Å². The lowest BCUT2D eigenvalue weighted by molar-refractivity contribution is -0.383. The summed E-state index contributed by atoms with van der Waals surface area (Å²) in [4.78, 5) is 34.5. The Bertz CT molecular complexity index is 901. The third-order valence-corrected chi connectivity index (χ3v) is 4.65. The van der Waals surface area contributed by atoms with Crippen molar-refractivity contribution in [2.45, 2.75) is 6.92 Å². The van der Waals surface area contributed by atoms with Crippen LogP contribution in [0, 0.1) is 10.1 Å². The molecule has 29 heavy (non-hydrogen) atoms. The summed E-state index contributed by atoms with van der Waals surface area (Å²) >= 11 is 12.0. The Hall–Kier alpha value is -2.85. The zero-order chi connectivity index (χ0) is 21.0. The van der Waals surface area contributed by atoms with E-state index in [1.165, 1.54) is 6.33 Å². The number of hydrogen-bond acceptors (Lipinski definition) is 8. The Labute approximate surface area is 176 Å². The van der Waals surface area contributed by atoms with Gasteiger partial charge < -0.3 is 19.9 Å². The summed E-state index contributed by atoms with van der Waals surface area (Å²) in [5.74, 6) is 0.190. The van der Waals surface area contributed by atoms with E-state index in [0.717, 1.165) is 0 Å². The zero-order valence-electron chi connectivity index (χ0n) is 15.5. The Morgan fingerprint density at radius 2 is 1.86 bits per heavy atom. The topological polar surface area (TPSA) is 114 Å². The van der Waals surface area contributed by atoms with E-state index in [-0.39, 0.29) is 17.3 Å². The van der Waals surface area contributed by atoms with Gasteiger partial charge in [-0.3, -0.25) is 10.1 Å². The second-order valence-corrected chi connectivity index (χ2v) is 6.98. The molecule has 10 nitrogen and oxygen atoms in total. The van der Waals surface area contributed by atoms with E-state index in [9.17, 15) is 14.9 Å². The van der Waals surface area contributed by atoms with Gasteiger partial charge in [0.15, 0.2) is 0 Å². The first-order chi connectivity index (χ1) is 13.9. The quantitative estimate of drug-likeness (QED) is 0.552. The minimum atomic E-state index is -0.540. The molecule has 0 unspecified atom stereocenters. The van der Waals surface area contributed by atoms with Gasteiger partial charge in [-0.1, -0.05) is 23.2 Å². The molecule has 1 aromatic carbocycles. The monoisotopic (exact) mass is 440 g/mol. The van der Waals surface area contributed by atoms with Gasteiger partial charge in [-0.2, -0.15) is 0 Å². The maximum absolute atomic E-state index is 11.8. The fraction of sp³-hybridized carbons (Fsp3) is 0.353. The van der Waals surface area contributed by atoms with Gasteiger partial charge >= 0.3 is 11.8 Å². The van der Waals surface area contributed by atoms with Crippen LogP contribution in [0.1, 0.15) is 6.92 Å². The number of benzene rings is 1. The molecular weight excluding hydrogens is 423 g/mol. The number of ether oxygens (including phenoxy) is 1. The smallest absolute Gasteiger partial charge is 0.409 e. The van der Waals surface area contributed by atoms with Crippen molar-refractivity contribution >= 4 is 52.3 Å². The molecule has 0 aliphatic carbocycles. The number of halogens is 2. The van der Waals surface area contributed by atoms with Crippen LogP contribution >= 0.6 is 23.2 Å². The van der Waals surface area contributed by atoms with Gasteiger partial charge in [-0.05, 0) is 25.1 Å². The third-order valence-electron chi connectivity index (χ3n) is 4.22. The number of nitro groups is 1. The molecule has 0 bridgehead atoms. The number of anilines is 3. The van der Waals surface area contributed by atoms with E-state index < -0.39 is 11.0 Å². The van der Waals surface area contributed by atoms with Gasteiger partial charge in [0, 0.05) is 41.9 Å². The Kier molecular flexibility index (Phi) is 6.55. The number of aromatic nitrogens is 2. The van der Waals surface area contributed by atoms with Crippen LogP contribution in [-0.4, -0.2) is 58.7 Å². The van der Waals surface area contributed by atoms with Gasteiger partial charge in [0.25, 0.3) is 0 Å². The normalized spacial score (nSPS) is 13.9. The van der Waals surface area contributed by atoms with Crippen LogP contribution in [-0.2, 0) is 4.74 Å². The molecule has 12 heteroatoms. The summed E-state index contributed by atoms with van der Waals surface area (Å²) in [6.07, 6.45) is 0.846. The molecule has 0 atom stereocenters. The third kappa shape index (κ3) is 4.96. The standard InChI is InChI=1S/C17H18Cl2N6O4/c1-2-29-17(26)24-5-3-23(4-6-24)16-14(25(27)28)15(20-10-21-16)22-13-8-11(18)7-12(19)9-13/h7-10H,2-6H2,1H3,(H,20,21,22). The maximum atomic E-state index is 11.8. The molecule has 1 saturated heterocycles. The Morgan fingerprint density at radius 1 is 1.21 bits per heavy atom. The number of carbonyl (C=O) groups is 1. The first kappa shape index (κ1) is 20.9. The first-order valence-corrected chi connectivity index (χ1v) is 9.53. The van der Waals surface area contributed by atoms with Crippen molar-refractivity contribution in [3.8, 4) is 0 Å². The number of hydrogen-bond donors (Lipinski definition) is 1. The van der Waals surface area contributed by atoms with Crippen LogP contribution in [0.25, 0.3) is 0 Å². The number of amides is 1. The molecule has 1 N–H and O–H groups in total. The maximum Gasteiger partial charge on any atom is 0.409 e. The van der Waals surface area contributed by atoms with Crippen molar-refractivity contribution < 1.29 is 14.5 Å². The molecule has 0 spiro atoms. The van der Waals surface area contributed by atoms with Crippen LogP contribution in [0.5, 0.6) is 0 Å². The fourth-order valence-electron chi connectivity index (χ4n) is 2.94. The summed E-state index contributed by atoms with van der Waals surface area (Å²) in [6.45, 7) is 3.51. The van der Waals surface area contributed by atoms with Crippen LogP contribution in [0.2, 0.25) is 10.0 Å². The summed E-state index contributed by atoms with van der Waals surface area (Å²) in [6, 6.07) is 4.71. The van der Waals surface area contributed by atoms with E-state index in [2.05, 4.69) is 15.3 Å². The summed E-state index contributed by atoms with van der Waals surface area (Å²) < 4.78 is 4.99. The lowest BCUT2D eigenvalue weighted by Crippen LogP contribution is -2.49. The van der Waals surface area contributed by atoms with E-state index in [1.807, 2.05) is 0 Å². The average molecular weight is 441 g/mol. The minimum Gasteiger partial charge on any atom is -0.450 e. The largest absolute Gasteiger partial charge is 0.450 e. The molecule has 0 saturated carbocycles. The lowest BCUT2D eigenvalue weighted by atomic mass is 10.3. The zero-order valence-corrected chi connectivity index (χ0v) is 17.0. The number of rotatable bonds is 5. The highest BCUT2D eigenvalue weighted by Crippen LogP contribution is 2.35. The van der Waals surface area contributed by atoms with E-state index >= 15 is 0 Å². The van der Waals surface area contributed by atoms with Crippen LogP contribution < -0.4 is 10.2 Å². The summed E-state index contributed by atoms with van der Waals surface area (Å²) in [5.41, 5.74) is 0.190. The molecule has 2 aromatic rings. The van der Waals surface area contributed by atoms with Crippen molar-refractivity contribution in [2.24, 2.45) is 0 Å². The molecule has 1 aliphatic heterocycles. The van der Waals surface area contributed by atoms with Crippen molar-refractivity contribution in [2.75, 3.05) is 43.0 Å². The molecule has 1 aromatic heterocycles. The van der Waals surface area contributed by atoms with Crippen molar-refractivity contribution in [1.29, 1.82) is 0 Å². The van der Waals surface area contributed by atoms with E-state index in [1.54, 1.807) is 34.9 Å². The fourth-order valence-corrected chi connectivity index (χ4v) is 3.46. The molecule has 154 valence electrons. The Morgan fingerprint density at radius 3 is 2.45 bits per heavy atom. The molecule has 2 heterocycles. The molecule has 3 rings (SSSR count). The van der Waals surface area contributed by atoms with Crippen molar-refractivity contribution in [3.63, 3.8) is 0 Å². The van der Waals surface area contributed by atoms with E-state index in [0.29, 0.717) is 48.5 Å². The van der Waals surface area contributed by atoms with Gasteiger partial charge in [0.1, 0.15) is 6.33 Å².